The summed E-state index contributed by atoms with van der Waals surface area (Å²) in [4.78, 5) is 10.9. The summed E-state index contributed by atoms with van der Waals surface area (Å²) in [6.07, 6.45) is 8.78. The Morgan fingerprint density at radius 1 is 1.10 bits per heavy atom. The zero-order valence-corrected chi connectivity index (χ0v) is 15.0. The van der Waals surface area contributed by atoms with Gasteiger partial charge in [-0.15, -0.1) is 0 Å². The molecule has 120 valence electrons. The van der Waals surface area contributed by atoms with Gasteiger partial charge in [-0.05, 0) is 42.6 Å². The Kier molecular flexibility index (Phi) is 8.66. The Balaban J connectivity index is 2.00. The number of carbonyl (C=O) groups is 1. The number of ether oxygens (including phenoxy) is 1. The van der Waals surface area contributed by atoms with Gasteiger partial charge < -0.3 is 4.74 Å². The van der Waals surface area contributed by atoms with Crippen LogP contribution < -0.4 is 0 Å². The van der Waals surface area contributed by atoms with Crippen molar-refractivity contribution < 1.29 is 9.53 Å². The van der Waals surface area contributed by atoms with Crippen molar-refractivity contribution in [3.05, 3.63) is 15.9 Å². The fraction of sp³-hybridized carbons (Fsp3) is 0.750. The molecule has 1 aromatic heterocycles. The molecular formula is C16H27BrN2O2. The molecule has 21 heavy (non-hydrogen) atoms. The van der Waals surface area contributed by atoms with Gasteiger partial charge in [-0.2, -0.15) is 5.10 Å². The normalized spacial score (nSPS) is 10.9. The highest BCUT2D eigenvalue weighted by molar-refractivity contribution is 9.10. The highest BCUT2D eigenvalue weighted by Gasteiger charge is 2.07. The second-order valence-electron chi connectivity index (χ2n) is 5.51. The highest BCUT2D eigenvalue weighted by atomic mass is 79.9. The minimum absolute atomic E-state index is 0.0916. The van der Waals surface area contributed by atoms with Crippen LogP contribution in [0.2, 0.25) is 0 Å². The molecule has 0 spiro atoms. The van der Waals surface area contributed by atoms with Crippen molar-refractivity contribution in [3.8, 4) is 0 Å². The summed E-state index contributed by atoms with van der Waals surface area (Å²) >= 11 is 3.56. The minimum Gasteiger partial charge on any atom is -0.469 e. The molecular weight excluding hydrogens is 332 g/mol. The number of aryl methyl sites for hydroxylation is 2. The Morgan fingerprint density at radius 2 is 1.67 bits per heavy atom. The largest absolute Gasteiger partial charge is 0.469 e. The van der Waals surface area contributed by atoms with E-state index in [1.54, 1.807) is 0 Å². The molecule has 0 unspecified atom stereocenters. The molecule has 1 rings (SSSR count). The number of carbonyl (C=O) groups excluding carboxylic acids is 1. The minimum atomic E-state index is -0.0916. The third-order valence-corrected chi connectivity index (χ3v) is 4.92. The van der Waals surface area contributed by atoms with E-state index in [0.29, 0.717) is 6.42 Å². The molecule has 5 heteroatoms. The molecule has 0 saturated heterocycles. The number of hydrogen-bond donors (Lipinski definition) is 0. The summed E-state index contributed by atoms with van der Waals surface area (Å²) in [5.74, 6) is -0.0916. The summed E-state index contributed by atoms with van der Waals surface area (Å²) in [7, 11) is 1.45. The molecule has 0 aromatic carbocycles. The Labute approximate surface area is 136 Å². The van der Waals surface area contributed by atoms with Crippen molar-refractivity contribution in [2.24, 2.45) is 0 Å². The van der Waals surface area contributed by atoms with Crippen molar-refractivity contribution in [3.63, 3.8) is 0 Å². The number of esters is 1. The average Bonchev–Trinajstić information content (AvgIpc) is 2.72. The maximum atomic E-state index is 10.9. The van der Waals surface area contributed by atoms with E-state index >= 15 is 0 Å². The molecule has 0 bridgehead atoms. The first-order valence-corrected chi connectivity index (χ1v) is 8.62. The Morgan fingerprint density at radius 3 is 2.19 bits per heavy atom. The van der Waals surface area contributed by atoms with E-state index in [2.05, 4.69) is 37.4 Å². The van der Waals surface area contributed by atoms with Crippen LogP contribution in [0.25, 0.3) is 0 Å². The van der Waals surface area contributed by atoms with Gasteiger partial charge in [0.15, 0.2) is 0 Å². The molecule has 0 fully saturated rings. The number of halogens is 1. The number of aromatic nitrogens is 2. The third kappa shape index (κ3) is 6.64. The van der Waals surface area contributed by atoms with E-state index in [4.69, 9.17) is 0 Å². The molecule has 0 atom stereocenters. The van der Waals surface area contributed by atoms with Gasteiger partial charge in [0.05, 0.1) is 17.3 Å². The van der Waals surface area contributed by atoms with Crippen LogP contribution in [0.5, 0.6) is 0 Å². The van der Waals surface area contributed by atoms with E-state index in [1.165, 1.54) is 44.9 Å². The van der Waals surface area contributed by atoms with E-state index in [-0.39, 0.29) is 5.97 Å². The van der Waals surface area contributed by atoms with E-state index < -0.39 is 0 Å². The van der Waals surface area contributed by atoms with Crippen molar-refractivity contribution in [1.82, 2.24) is 9.78 Å². The highest BCUT2D eigenvalue weighted by Crippen LogP contribution is 2.20. The van der Waals surface area contributed by atoms with E-state index in [0.717, 1.165) is 29.6 Å². The maximum absolute atomic E-state index is 10.9. The van der Waals surface area contributed by atoms with Gasteiger partial charge in [0.1, 0.15) is 0 Å². The lowest BCUT2D eigenvalue weighted by molar-refractivity contribution is -0.140. The van der Waals surface area contributed by atoms with Crippen molar-refractivity contribution in [2.45, 2.75) is 71.8 Å². The van der Waals surface area contributed by atoms with Crippen molar-refractivity contribution >= 4 is 21.9 Å². The van der Waals surface area contributed by atoms with Gasteiger partial charge in [0.2, 0.25) is 0 Å². The van der Waals surface area contributed by atoms with Crippen LogP contribution in [0.1, 0.15) is 62.8 Å². The average molecular weight is 359 g/mol. The van der Waals surface area contributed by atoms with Crippen LogP contribution in [0.3, 0.4) is 0 Å². The lowest BCUT2D eigenvalue weighted by Gasteiger charge is -2.05. The summed E-state index contributed by atoms with van der Waals surface area (Å²) < 4.78 is 7.85. The predicted molar refractivity (Wildman–Crippen MR) is 88.4 cm³/mol. The van der Waals surface area contributed by atoms with Crippen LogP contribution >= 0.6 is 15.9 Å². The Hall–Kier alpha value is -0.840. The topological polar surface area (TPSA) is 44.1 Å². The third-order valence-electron chi connectivity index (χ3n) is 3.77. The first kappa shape index (κ1) is 18.2. The molecule has 0 aliphatic heterocycles. The fourth-order valence-electron chi connectivity index (χ4n) is 2.41. The molecule has 0 radical (unpaired) electrons. The molecule has 0 aliphatic carbocycles. The zero-order chi connectivity index (χ0) is 15.7. The van der Waals surface area contributed by atoms with Crippen LogP contribution in [-0.2, 0) is 16.1 Å². The summed E-state index contributed by atoms with van der Waals surface area (Å²) in [5, 5.41) is 4.52. The van der Waals surface area contributed by atoms with Gasteiger partial charge in [0.25, 0.3) is 0 Å². The molecule has 0 amide bonds. The molecule has 0 aliphatic rings. The van der Waals surface area contributed by atoms with Crippen LogP contribution in [0, 0.1) is 13.8 Å². The van der Waals surface area contributed by atoms with Gasteiger partial charge in [-0.1, -0.05) is 32.1 Å². The lowest BCUT2D eigenvalue weighted by Crippen LogP contribution is -2.02. The van der Waals surface area contributed by atoms with E-state index in [1.807, 2.05) is 6.92 Å². The molecule has 4 nitrogen and oxygen atoms in total. The smallest absolute Gasteiger partial charge is 0.305 e. The molecule has 1 heterocycles. The van der Waals surface area contributed by atoms with Crippen LogP contribution in [0.15, 0.2) is 4.47 Å². The van der Waals surface area contributed by atoms with Crippen molar-refractivity contribution in [1.29, 1.82) is 0 Å². The number of hydrogen-bond acceptors (Lipinski definition) is 3. The van der Waals surface area contributed by atoms with Gasteiger partial charge >= 0.3 is 5.97 Å². The standard InChI is InChI=1S/C16H27BrN2O2/c1-13-16(17)14(2)19(18-13)12-10-8-6-4-5-7-9-11-15(20)21-3/h4-12H2,1-3H3. The first-order valence-electron chi connectivity index (χ1n) is 7.82. The number of unbranched alkanes of at least 4 members (excludes halogenated alkanes) is 6. The fourth-order valence-corrected chi connectivity index (χ4v) is 2.69. The number of methoxy groups -OCH3 is 1. The van der Waals surface area contributed by atoms with E-state index in [9.17, 15) is 4.79 Å². The monoisotopic (exact) mass is 358 g/mol. The molecule has 1 aromatic rings. The second kappa shape index (κ2) is 9.98. The van der Waals surface area contributed by atoms with Crippen molar-refractivity contribution in [2.75, 3.05) is 7.11 Å². The summed E-state index contributed by atoms with van der Waals surface area (Å²) in [6.45, 7) is 5.13. The first-order chi connectivity index (χ1) is 10.1. The predicted octanol–water partition coefficient (Wildman–Crippen LogP) is 4.56. The summed E-state index contributed by atoms with van der Waals surface area (Å²) in [5.41, 5.74) is 2.29. The second-order valence-corrected chi connectivity index (χ2v) is 6.30. The van der Waals surface area contributed by atoms with Crippen LogP contribution in [-0.4, -0.2) is 22.9 Å². The maximum Gasteiger partial charge on any atom is 0.305 e. The SMILES string of the molecule is COC(=O)CCCCCCCCCn1nc(C)c(Br)c1C. The molecule has 0 saturated carbocycles. The number of rotatable bonds is 10. The summed E-state index contributed by atoms with van der Waals surface area (Å²) in [6, 6.07) is 0. The van der Waals surface area contributed by atoms with Crippen LogP contribution in [0.4, 0.5) is 0 Å². The quantitative estimate of drug-likeness (QED) is 0.455. The van der Waals surface area contributed by atoms with Gasteiger partial charge in [0, 0.05) is 18.7 Å². The number of nitrogens with zero attached hydrogens (tertiary/aromatic N) is 2. The van der Waals surface area contributed by atoms with Gasteiger partial charge in [-0.3, -0.25) is 9.48 Å². The zero-order valence-electron chi connectivity index (χ0n) is 13.5. The van der Waals surface area contributed by atoms with Gasteiger partial charge in [-0.25, -0.2) is 0 Å². The Bertz CT molecular complexity index is 444. The molecule has 0 N–H and O–H groups in total. The lowest BCUT2D eigenvalue weighted by atomic mass is 10.1.